The molecule has 0 saturated carbocycles. The molecular weight excluding hydrogens is 948 g/mol. The van der Waals surface area contributed by atoms with Crippen LogP contribution < -0.4 is 15.6 Å². The van der Waals surface area contributed by atoms with Gasteiger partial charge in [-0.3, -0.25) is 38.6 Å². The number of aldehydes is 1. The number of anilines is 1. The van der Waals surface area contributed by atoms with Crippen LogP contribution in [0.2, 0.25) is 0 Å². The van der Waals surface area contributed by atoms with E-state index in [4.69, 9.17) is 9.47 Å². The van der Waals surface area contributed by atoms with Gasteiger partial charge in [-0.15, -0.1) is 0 Å². The summed E-state index contributed by atoms with van der Waals surface area (Å²) in [5.41, 5.74) is 3.52. The number of likely N-dealkylation sites (tertiary alicyclic amines) is 1. The molecule has 6 rings (SSSR count). The van der Waals surface area contributed by atoms with Gasteiger partial charge in [0.15, 0.2) is 0 Å². The summed E-state index contributed by atoms with van der Waals surface area (Å²) in [5, 5.41) is 9.13. The monoisotopic (exact) mass is 1030 g/mol. The Morgan fingerprint density at radius 3 is 2.38 bits per heavy atom. The predicted octanol–water partition coefficient (Wildman–Crippen LogP) is 6.00. The third-order valence-electron chi connectivity index (χ3n) is 13.1. The van der Waals surface area contributed by atoms with Crippen molar-refractivity contribution in [3.05, 3.63) is 71.2 Å². The first-order chi connectivity index (χ1) is 34.1. The topological polar surface area (TPSA) is 181 Å². The summed E-state index contributed by atoms with van der Waals surface area (Å²) in [4.78, 5) is 80.4. The summed E-state index contributed by atoms with van der Waals surface area (Å²) in [6.07, 6.45) is 6.57. The Kier molecular flexibility index (Phi) is 21.8. The van der Waals surface area contributed by atoms with Gasteiger partial charge in [0.25, 0.3) is 24.0 Å². The lowest BCUT2D eigenvalue weighted by Gasteiger charge is -2.33. The molecular formula is C52H78F2N9O8P. The Labute approximate surface area is 426 Å². The Morgan fingerprint density at radius 2 is 1.81 bits per heavy atom. The largest absolute Gasteiger partial charge is 0.467 e. The van der Waals surface area contributed by atoms with Gasteiger partial charge < -0.3 is 34.0 Å². The van der Waals surface area contributed by atoms with Crippen LogP contribution >= 0.6 is 9.24 Å². The van der Waals surface area contributed by atoms with Gasteiger partial charge in [-0.05, 0) is 82.0 Å². The van der Waals surface area contributed by atoms with Crippen molar-refractivity contribution in [3.63, 3.8) is 0 Å². The number of halogens is 2. The van der Waals surface area contributed by atoms with Gasteiger partial charge in [0.1, 0.15) is 12.3 Å². The maximum atomic E-state index is 15.2. The van der Waals surface area contributed by atoms with E-state index in [-0.39, 0.29) is 67.9 Å². The van der Waals surface area contributed by atoms with Crippen LogP contribution in [0.5, 0.6) is 0 Å². The number of hydrazine groups is 1. The molecule has 20 heteroatoms. The number of hydrogen-bond donors (Lipinski definition) is 2. The number of carbonyl (C=O) groups excluding carboxylic acids is 6. The second-order valence-corrected chi connectivity index (χ2v) is 20.6. The normalized spacial score (nSPS) is 17.2. The SMILES string of the molecule is C=CC(=O)N1CCC(C=O)C1.CC.COC(C)c1c(-c2c(CC(C)(C)COC=O)c3c(n2CC(F)(F)P)CCN(c2cccc(CC(NC(=O)C(C(C)C)N(C)C)C(=O)N4CCCCN4)c2)C3=O)cnn1C. The summed E-state index contributed by atoms with van der Waals surface area (Å²) < 4.78 is 44.4. The molecule has 0 spiro atoms. The van der Waals surface area contributed by atoms with Crippen molar-refractivity contribution in [3.8, 4) is 11.3 Å². The second-order valence-electron chi connectivity index (χ2n) is 19.8. The molecule has 0 radical (unpaired) electrons. The number of benzene rings is 1. The summed E-state index contributed by atoms with van der Waals surface area (Å²) in [6, 6.07) is 5.99. The van der Waals surface area contributed by atoms with Crippen molar-refractivity contribution in [2.24, 2.45) is 24.3 Å². The molecule has 0 aliphatic carbocycles. The van der Waals surface area contributed by atoms with Crippen molar-refractivity contribution >= 4 is 51.3 Å². The highest BCUT2D eigenvalue weighted by Gasteiger charge is 2.41. The highest BCUT2D eigenvalue weighted by Crippen LogP contribution is 2.44. The van der Waals surface area contributed by atoms with Crippen LogP contribution in [0, 0.1) is 17.3 Å². The number of rotatable bonds is 20. The standard InChI is InChI=1S/C42H61F2N8O6P.C8H11NO2.C2H6/c1-26(2)35(48(6)7)38(54)47-32(39(55)52-17-11-10-16-45-52)20-28-13-12-14-29(19-28)50-18-15-33-34(40(50)56)30(21-41(4,5)24-58-25-53)37(51(33)23-42(43,44)59)31-22-46-49(8)36(31)27(3)57-9;1-2-8(11)9-4-3-7(5-9)6-10;1-2/h12-14,19,22,25-27,32,35,45H,10-11,15-18,20-21,23-24,59H2,1-9H3,(H,47,54);2,6-7H,1,3-5H2;1-2H3. The molecule has 5 heterocycles. The van der Waals surface area contributed by atoms with Gasteiger partial charge in [0, 0.05) is 88.0 Å². The number of nitrogens with zero attached hydrogens (tertiary/aromatic N) is 7. The first-order valence-electron chi connectivity index (χ1n) is 24.9. The lowest BCUT2D eigenvalue weighted by Crippen LogP contribution is -2.58. The third-order valence-corrected chi connectivity index (χ3v) is 13.2. The van der Waals surface area contributed by atoms with Crippen LogP contribution in [0.25, 0.3) is 11.3 Å². The highest BCUT2D eigenvalue weighted by atomic mass is 31.0. The molecule has 5 atom stereocenters. The minimum atomic E-state index is -3.21. The molecule has 4 amide bonds. The van der Waals surface area contributed by atoms with Crippen LogP contribution in [0.1, 0.15) is 107 Å². The summed E-state index contributed by atoms with van der Waals surface area (Å²) in [7, 11) is 8.61. The molecule has 2 aromatic heterocycles. The van der Waals surface area contributed by atoms with Crippen molar-refractivity contribution in [2.75, 3.05) is 65.4 Å². The van der Waals surface area contributed by atoms with Crippen LogP contribution in [0.15, 0.2) is 43.1 Å². The van der Waals surface area contributed by atoms with Crippen LogP contribution in [0.3, 0.4) is 0 Å². The average molecular weight is 1030 g/mol. The van der Waals surface area contributed by atoms with E-state index in [9.17, 15) is 24.0 Å². The van der Waals surface area contributed by atoms with Gasteiger partial charge >= 0.3 is 0 Å². The maximum absolute atomic E-state index is 15.2. The molecule has 3 aromatic rings. The number of alkyl halides is 2. The number of amides is 4. The second kappa shape index (κ2) is 26.5. The molecule has 3 aliphatic heterocycles. The Bertz CT molecular complexity index is 2350. The van der Waals surface area contributed by atoms with Gasteiger partial charge in [0.2, 0.25) is 11.8 Å². The molecule has 17 nitrogen and oxygen atoms in total. The number of aryl methyl sites for hydroxylation is 1. The first kappa shape index (κ1) is 59.2. The fraction of sp³-hybridized carbons (Fsp3) is 0.596. The minimum absolute atomic E-state index is 0.00832. The molecule has 398 valence electrons. The van der Waals surface area contributed by atoms with E-state index >= 15 is 13.6 Å². The van der Waals surface area contributed by atoms with Gasteiger partial charge in [-0.2, -0.15) is 5.10 Å². The van der Waals surface area contributed by atoms with E-state index in [1.807, 2.05) is 91.7 Å². The maximum Gasteiger partial charge on any atom is 0.293 e. The highest BCUT2D eigenvalue weighted by molar-refractivity contribution is 7.18. The van der Waals surface area contributed by atoms with E-state index in [1.165, 1.54) is 6.08 Å². The number of likely N-dealkylation sites (N-methyl/N-ethyl adjacent to an activating group) is 1. The smallest absolute Gasteiger partial charge is 0.293 e. The van der Waals surface area contributed by atoms with E-state index < -0.39 is 35.8 Å². The zero-order valence-corrected chi connectivity index (χ0v) is 45.3. The van der Waals surface area contributed by atoms with Crippen LogP contribution in [-0.4, -0.2) is 144 Å². The summed E-state index contributed by atoms with van der Waals surface area (Å²) in [6.45, 7) is 19.2. The third kappa shape index (κ3) is 14.9. The fourth-order valence-corrected chi connectivity index (χ4v) is 9.97. The number of nitrogens with one attached hydrogen (secondary N) is 2. The van der Waals surface area contributed by atoms with Crippen molar-refractivity contribution in [2.45, 2.75) is 117 Å². The van der Waals surface area contributed by atoms with Gasteiger partial charge in [-0.1, -0.05) is 69.5 Å². The number of aromatic nitrogens is 3. The van der Waals surface area contributed by atoms with Crippen molar-refractivity contribution in [1.82, 2.24) is 39.9 Å². The van der Waals surface area contributed by atoms with E-state index in [0.29, 0.717) is 72.1 Å². The van der Waals surface area contributed by atoms with Crippen LogP contribution in [-0.2, 0) is 66.3 Å². The molecule has 2 N–H and O–H groups in total. The van der Waals surface area contributed by atoms with Crippen molar-refractivity contribution in [1.29, 1.82) is 0 Å². The quantitative estimate of drug-likeness (QED) is 0.0771. The number of methoxy groups -OCH3 is 1. The van der Waals surface area contributed by atoms with Gasteiger partial charge in [0.05, 0.1) is 48.4 Å². The van der Waals surface area contributed by atoms with E-state index in [1.54, 1.807) is 53.7 Å². The number of hydrogen-bond acceptors (Lipinski definition) is 11. The molecule has 5 unspecified atom stereocenters. The molecule has 72 heavy (non-hydrogen) atoms. The summed E-state index contributed by atoms with van der Waals surface area (Å²) in [5.74, 6) is -0.907. The molecule has 1 aromatic carbocycles. The molecule has 3 aliphatic rings. The van der Waals surface area contributed by atoms with E-state index in [0.717, 1.165) is 31.1 Å². The fourth-order valence-electron chi connectivity index (χ4n) is 9.79. The lowest BCUT2D eigenvalue weighted by atomic mass is 9.83. The predicted molar refractivity (Wildman–Crippen MR) is 277 cm³/mol. The Hall–Kier alpha value is -5.36. The number of fused-ring (bicyclic) bond motifs is 1. The zero-order valence-electron chi connectivity index (χ0n) is 44.1. The van der Waals surface area contributed by atoms with Gasteiger partial charge in [-0.25, -0.2) is 14.2 Å². The molecule has 0 bridgehead atoms. The average Bonchev–Trinajstić information content (AvgIpc) is 4.06. The number of ether oxygens (including phenoxy) is 2. The number of carbonyl (C=O) groups is 6. The molecule has 2 fully saturated rings. The summed E-state index contributed by atoms with van der Waals surface area (Å²) >= 11 is 0. The lowest BCUT2D eigenvalue weighted by molar-refractivity contribution is -0.141. The Balaban J connectivity index is 0.000000756. The van der Waals surface area contributed by atoms with E-state index in [2.05, 4.69) is 22.4 Å². The minimum Gasteiger partial charge on any atom is -0.467 e. The van der Waals surface area contributed by atoms with Crippen LogP contribution in [0.4, 0.5) is 14.5 Å². The molecule has 2 saturated heterocycles. The van der Waals surface area contributed by atoms with Crippen molar-refractivity contribution < 1.29 is 47.0 Å². The Morgan fingerprint density at radius 1 is 1.10 bits per heavy atom. The first-order valence-corrected chi connectivity index (χ1v) is 25.4. The zero-order chi connectivity index (χ0) is 53.7.